The van der Waals surface area contributed by atoms with E-state index in [1.165, 1.54) is 16.7 Å². The van der Waals surface area contributed by atoms with Crippen molar-refractivity contribution in [2.24, 2.45) is 0 Å². The number of carbonyl (C=O) groups is 1. The Hall–Kier alpha value is -2.00. The molecule has 0 spiro atoms. The molecule has 1 fully saturated rings. The minimum absolute atomic E-state index is 0.246. The van der Waals surface area contributed by atoms with Crippen LogP contribution in [0.15, 0.2) is 24.3 Å². The summed E-state index contributed by atoms with van der Waals surface area (Å²) in [5.41, 5.74) is -2.36. The second-order valence-corrected chi connectivity index (χ2v) is 9.24. The quantitative estimate of drug-likeness (QED) is 0.636. The number of hydrogen-bond acceptors (Lipinski definition) is 4. The molecule has 9 heteroatoms. The first kappa shape index (κ1) is 21.7. The van der Waals surface area contributed by atoms with Gasteiger partial charge in [0, 0.05) is 5.39 Å². The molecule has 2 aromatic rings. The van der Waals surface area contributed by atoms with Crippen molar-refractivity contribution < 1.29 is 32.0 Å². The maximum Gasteiger partial charge on any atom is 0.513 e. The zero-order chi connectivity index (χ0) is 22.0. The lowest BCUT2D eigenvalue weighted by Crippen LogP contribution is -2.43. The fourth-order valence-electron chi connectivity index (χ4n) is 3.06. The van der Waals surface area contributed by atoms with Crippen LogP contribution in [0.3, 0.4) is 0 Å². The van der Waals surface area contributed by atoms with E-state index in [4.69, 9.17) is 14.0 Å². The lowest BCUT2D eigenvalue weighted by atomic mass is 9.84. The van der Waals surface area contributed by atoms with E-state index in [1.54, 1.807) is 20.8 Å². The third-order valence-electron chi connectivity index (χ3n) is 5.23. The molecule has 29 heavy (non-hydrogen) atoms. The first-order valence-corrected chi connectivity index (χ1v) is 9.33. The third kappa shape index (κ3) is 4.03. The zero-order valence-electron chi connectivity index (χ0n) is 17.6. The fraction of sp³-hybridized carbons (Fsp3) is 0.550. The van der Waals surface area contributed by atoms with Gasteiger partial charge in [-0.05, 0) is 72.7 Å². The highest BCUT2D eigenvalue weighted by atomic mass is 19.4. The molecule has 0 atom stereocenters. The second kappa shape index (κ2) is 6.50. The topological polar surface area (TPSA) is 49.7 Å². The molecular formula is C20H25BF3NO4. The number of benzene rings is 1. The van der Waals surface area contributed by atoms with Gasteiger partial charge in [0.25, 0.3) is 0 Å². The lowest BCUT2D eigenvalue weighted by Gasteiger charge is -2.32. The molecule has 1 aromatic heterocycles. The van der Waals surface area contributed by atoms with Crippen molar-refractivity contribution in [2.75, 3.05) is 0 Å². The molecule has 0 unspecified atom stereocenters. The molecule has 0 aliphatic carbocycles. The minimum Gasteiger partial charge on any atom is -0.443 e. The maximum atomic E-state index is 13.2. The van der Waals surface area contributed by atoms with Crippen molar-refractivity contribution in [1.29, 1.82) is 0 Å². The predicted octanol–water partition coefficient (Wildman–Crippen LogP) is 4.74. The highest BCUT2D eigenvalue weighted by Crippen LogP contribution is 2.37. The van der Waals surface area contributed by atoms with E-state index < -0.39 is 41.8 Å². The van der Waals surface area contributed by atoms with Gasteiger partial charge in [-0.25, -0.2) is 4.79 Å². The molecule has 1 aliphatic rings. The summed E-state index contributed by atoms with van der Waals surface area (Å²) in [6.07, 6.45) is -5.20. The maximum absolute atomic E-state index is 13.2. The molecule has 0 radical (unpaired) electrons. The predicted molar refractivity (Wildman–Crippen MR) is 104 cm³/mol. The van der Waals surface area contributed by atoms with E-state index in [0.29, 0.717) is 0 Å². The van der Waals surface area contributed by atoms with Crippen LogP contribution in [0.2, 0.25) is 0 Å². The summed E-state index contributed by atoms with van der Waals surface area (Å²) >= 11 is 0. The highest BCUT2D eigenvalue weighted by molar-refractivity contribution is 6.62. The summed E-state index contributed by atoms with van der Waals surface area (Å²) in [6.45, 7) is 12.6. The summed E-state index contributed by atoms with van der Waals surface area (Å²) in [5, 5.41) is 0.246. The fourth-order valence-corrected chi connectivity index (χ4v) is 3.06. The van der Waals surface area contributed by atoms with Crippen molar-refractivity contribution in [3.8, 4) is 0 Å². The van der Waals surface area contributed by atoms with Crippen LogP contribution in [-0.4, -0.2) is 34.6 Å². The van der Waals surface area contributed by atoms with Crippen LogP contribution in [0.1, 0.15) is 54.0 Å². The van der Waals surface area contributed by atoms with Gasteiger partial charge in [-0.2, -0.15) is 13.2 Å². The molecule has 158 valence electrons. The number of carbonyl (C=O) groups excluding carboxylic acids is 1. The molecule has 0 saturated carbocycles. The largest absolute Gasteiger partial charge is 0.513 e. The van der Waals surface area contributed by atoms with Crippen molar-refractivity contribution in [2.45, 2.75) is 71.4 Å². The van der Waals surface area contributed by atoms with Crippen molar-refractivity contribution in [3.63, 3.8) is 0 Å². The Labute approximate surface area is 168 Å². The monoisotopic (exact) mass is 411 g/mol. The molecule has 1 aromatic carbocycles. The first-order valence-electron chi connectivity index (χ1n) is 9.33. The second-order valence-electron chi connectivity index (χ2n) is 9.24. The van der Waals surface area contributed by atoms with Crippen molar-refractivity contribution >= 4 is 29.7 Å². The Morgan fingerprint density at radius 1 is 1.03 bits per heavy atom. The average Bonchev–Trinajstić information content (AvgIpc) is 2.98. The number of nitrogens with zero attached hydrogens (tertiary/aromatic N) is 1. The minimum atomic E-state index is -4.49. The number of hydrogen-bond donors (Lipinski definition) is 0. The number of fused-ring (bicyclic) bond motifs is 1. The number of aromatic nitrogens is 1. The van der Waals surface area contributed by atoms with Gasteiger partial charge < -0.3 is 14.0 Å². The Bertz CT molecular complexity index is 941. The van der Waals surface area contributed by atoms with Gasteiger partial charge in [0.1, 0.15) is 5.60 Å². The van der Waals surface area contributed by atoms with E-state index in [9.17, 15) is 18.0 Å². The summed E-state index contributed by atoms with van der Waals surface area (Å²) in [5.74, 6) is 0. The normalized spacial score (nSPS) is 19.0. The van der Waals surface area contributed by atoms with Crippen LogP contribution < -0.4 is 5.59 Å². The van der Waals surface area contributed by atoms with Crippen LogP contribution in [0, 0.1) is 0 Å². The summed E-state index contributed by atoms with van der Waals surface area (Å²) in [7, 11) is -0.936. The summed E-state index contributed by atoms with van der Waals surface area (Å²) < 4.78 is 58.2. The number of rotatable bonds is 1. The molecule has 0 N–H and O–H groups in total. The molecule has 1 saturated heterocycles. The molecule has 1 aliphatic heterocycles. The number of halogens is 3. The zero-order valence-corrected chi connectivity index (χ0v) is 17.6. The summed E-state index contributed by atoms with van der Waals surface area (Å²) in [6, 6.07) is 4.69. The highest BCUT2D eigenvalue weighted by Gasteiger charge is 2.53. The molecule has 2 heterocycles. The Morgan fingerprint density at radius 3 is 2.07 bits per heavy atom. The van der Waals surface area contributed by atoms with Crippen LogP contribution in [-0.2, 0) is 20.2 Å². The molecule has 3 rings (SSSR count). The van der Waals surface area contributed by atoms with Gasteiger partial charge in [-0.15, -0.1) is 0 Å². The van der Waals surface area contributed by atoms with E-state index in [1.807, 2.05) is 27.7 Å². The Morgan fingerprint density at radius 2 is 1.59 bits per heavy atom. The third-order valence-corrected chi connectivity index (χ3v) is 5.23. The Balaban J connectivity index is 2.17. The van der Waals surface area contributed by atoms with Crippen LogP contribution in [0.4, 0.5) is 18.0 Å². The van der Waals surface area contributed by atoms with Gasteiger partial charge in [0.05, 0.1) is 27.9 Å². The van der Waals surface area contributed by atoms with E-state index in [2.05, 4.69) is 0 Å². The smallest absolute Gasteiger partial charge is 0.443 e. The van der Waals surface area contributed by atoms with Gasteiger partial charge in [0.15, 0.2) is 0 Å². The first-order chi connectivity index (χ1) is 13.0. The Kier molecular flexibility index (Phi) is 4.87. The van der Waals surface area contributed by atoms with Crippen LogP contribution >= 0.6 is 0 Å². The van der Waals surface area contributed by atoms with Gasteiger partial charge >= 0.3 is 19.4 Å². The van der Waals surface area contributed by atoms with Crippen LogP contribution in [0.5, 0.6) is 0 Å². The molecular weight excluding hydrogens is 386 g/mol. The van der Waals surface area contributed by atoms with E-state index in [0.717, 1.165) is 12.1 Å². The molecule has 5 nitrogen and oxygen atoms in total. The lowest BCUT2D eigenvalue weighted by molar-refractivity contribution is -0.137. The van der Waals surface area contributed by atoms with E-state index >= 15 is 0 Å². The van der Waals surface area contributed by atoms with Crippen molar-refractivity contribution in [3.05, 3.63) is 29.8 Å². The van der Waals surface area contributed by atoms with Gasteiger partial charge in [0.2, 0.25) is 0 Å². The standard InChI is InChI=1S/C20H25BF3NO4/c1-17(2,3)27-16(26)25-14-9-8-13(20(22,23)24)10-12(14)11-15(25)21-28-18(4,5)19(6,7)29-21/h8-11H,1-7H3. The summed E-state index contributed by atoms with van der Waals surface area (Å²) in [4.78, 5) is 12.9. The van der Waals surface area contributed by atoms with Crippen molar-refractivity contribution in [1.82, 2.24) is 4.57 Å². The van der Waals surface area contributed by atoms with Crippen LogP contribution in [0.25, 0.3) is 10.9 Å². The average molecular weight is 411 g/mol. The molecule has 0 amide bonds. The van der Waals surface area contributed by atoms with Gasteiger partial charge in [-0.3, -0.25) is 4.57 Å². The molecule has 0 bridgehead atoms. The number of ether oxygens (including phenoxy) is 1. The SMILES string of the molecule is CC(C)(C)OC(=O)n1c(B2OC(C)(C)C(C)(C)O2)cc2cc(C(F)(F)F)ccc21. The van der Waals surface area contributed by atoms with Gasteiger partial charge in [-0.1, -0.05) is 0 Å². The number of alkyl halides is 3. The van der Waals surface area contributed by atoms with E-state index in [-0.39, 0.29) is 16.5 Å².